The van der Waals surface area contributed by atoms with Crippen molar-refractivity contribution in [2.45, 2.75) is 6.61 Å². The Labute approximate surface area is 73.5 Å². The summed E-state index contributed by atoms with van der Waals surface area (Å²) >= 11 is 3.31. The molecule has 0 spiro atoms. The zero-order valence-electron chi connectivity index (χ0n) is 5.75. The minimum Gasteiger partial charge on any atom is -0.423 e. The van der Waals surface area contributed by atoms with Crippen LogP contribution in [0, 0.1) is 11.5 Å². The number of ether oxygens (including phenoxy) is 1. The third-order valence-electron chi connectivity index (χ3n) is 1.22. The lowest BCUT2D eigenvalue weighted by molar-refractivity contribution is 0.257. The van der Waals surface area contributed by atoms with Crippen LogP contribution in [0.1, 0.15) is 5.56 Å². The van der Waals surface area contributed by atoms with Crippen LogP contribution >= 0.6 is 15.9 Å². The highest BCUT2D eigenvalue weighted by atomic mass is 79.9. The first kappa shape index (κ1) is 8.09. The molecule has 0 aliphatic rings. The zero-order valence-corrected chi connectivity index (χ0v) is 7.34. The van der Waals surface area contributed by atoms with Crippen molar-refractivity contribution in [2.24, 2.45) is 0 Å². The van der Waals surface area contributed by atoms with E-state index in [9.17, 15) is 0 Å². The molecule has 0 unspecified atom stereocenters. The SMILES string of the molecule is N#COCc1ccc(Br)cc1. The molecule has 1 aromatic carbocycles. The molecular weight excluding hydrogens is 206 g/mol. The molecule has 0 saturated heterocycles. The van der Waals surface area contributed by atoms with Crippen molar-refractivity contribution in [1.82, 2.24) is 0 Å². The van der Waals surface area contributed by atoms with Gasteiger partial charge in [0.1, 0.15) is 6.61 Å². The van der Waals surface area contributed by atoms with Gasteiger partial charge < -0.3 is 4.74 Å². The Hall–Kier alpha value is -1.01. The average molecular weight is 212 g/mol. The molecule has 0 radical (unpaired) electrons. The summed E-state index contributed by atoms with van der Waals surface area (Å²) in [4.78, 5) is 0. The lowest BCUT2D eigenvalue weighted by atomic mass is 10.2. The minimum atomic E-state index is 0.351. The fourth-order valence-electron chi connectivity index (χ4n) is 0.696. The van der Waals surface area contributed by atoms with Crippen molar-refractivity contribution in [3.05, 3.63) is 34.3 Å². The van der Waals surface area contributed by atoms with Gasteiger partial charge in [-0.05, 0) is 17.7 Å². The van der Waals surface area contributed by atoms with E-state index in [1.165, 1.54) is 0 Å². The van der Waals surface area contributed by atoms with Gasteiger partial charge in [-0.1, -0.05) is 28.1 Å². The van der Waals surface area contributed by atoms with Gasteiger partial charge in [0.05, 0.1) is 0 Å². The van der Waals surface area contributed by atoms with Crippen LogP contribution in [0.15, 0.2) is 28.7 Å². The van der Waals surface area contributed by atoms with Crippen LogP contribution in [0.25, 0.3) is 0 Å². The first-order valence-corrected chi connectivity index (χ1v) is 3.87. The summed E-state index contributed by atoms with van der Waals surface area (Å²) < 4.78 is 5.58. The van der Waals surface area contributed by atoms with E-state index in [-0.39, 0.29) is 0 Å². The van der Waals surface area contributed by atoms with Crippen LogP contribution in [0.2, 0.25) is 0 Å². The summed E-state index contributed by atoms with van der Waals surface area (Å²) in [5.74, 6) is 0. The summed E-state index contributed by atoms with van der Waals surface area (Å²) in [7, 11) is 0. The maximum atomic E-state index is 8.10. The van der Waals surface area contributed by atoms with Gasteiger partial charge in [0.2, 0.25) is 0 Å². The third kappa shape index (κ3) is 2.60. The number of nitriles is 1. The molecule has 11 heavy (non-hydrogen) atoms. The Morgan fingerprint density at radius 3 is 2.55 bits per heavy atom. The second-order valence-corrected chi connectivity index (χ2v) is 2.92. The summed E-state index contributed by atoms with van der Waals surface area (Å²) in [6.07, 6.45) is 1.62. The molecule has 3 heteroatoms. The monoisotopic (exact) mass is 211 g/mol. The summed E-state index contributed by atoms with van der Waals surface area (Å²) in [5, 5.41) is 8.10. The second-order valence-electron chi connectivity index (χ2n) is 2.01. The number of hydrogen-bond donors (Lipinski definition) is 0. The highest BCUT2D eigenvalue weighted by Gasteiger charge is 1.91. The van der Waals surface area contributed by atoms with Crippen LogP contribution in [-0.4, -0.2) is 0 Å². The Bertz CT molecular complexity index is 262. The lowest BCUT2D eigenvalue weighted by Gasteiger charge is -1.96. The van der Waals surface area contributed by atoms with Gasteiger partial charge in [-0.15, -0.1) is 0 Å². The largest absolute Gasteiger partial charge is 0.423 e. The van der Waals surface area contributed by atoms with Crippen molar-refractivity contribution in [3.8, 4) is 6.26 Å². The van der Waals surface area contributed by atoms with Gasteiger partial charge in [-0.25, -0.2) is 0 Å². The van der Waals surface area contributed by atoms with Crippen molar-refractivity contribution >= 4 is 15.9 Å². The second kappa shape index (κ2) is 3.99. The molecule has 2 nitrogen and oxygen atoms in total. The lowest BCUT2D eigenvalue weighted by Crippen LogP contribution is -1.84. The molecule has 0 N–H and O–H groups in total. The van der Waals surface area contributed by atoms with Crippen LogP contribution in [0.3, 0.4) is 0 Å². The van der Waals surface area contributed by atoms with Crippen LogP contribution in [0.4, 0.5) is 0 Å². The molecule has 0 heterocycles. The van der Waals surface area contributed by atoms with Crippen LogP contribution in [0.5, 0.6) is 0 Å². The first-order valence-electron chi connectivity index (χ1n) is 3.08. The molecule has 0 amide bonds. The molecule has 0 saturated carbocycles. The van der Waals surface area contributed by atoms with Gasteiger partial charge in [0.15, 0.2) is 0 Å². The smallest absolute Gasteiger partial charge is 0.286 e. The quantitative estimate of drug-likeness (QED) is 0.705. The number of rotatable bonds is 2. The van der Waals surface area contributed by atoms with Crippen molar-refractivity contribution in [2.75, 3.05) is 0 Å². The van der Waals surface area contributed by atoms with Gasteiger partial charge in [-0.3, -0.25) is 0 Å². The van der Waals surface area contributed by atoms with E-state index in [1.807, 2.05) is 24.3 Å². The Morgan fingerprint density at radius 2 is 2.00 bits per heavy atom. The predicted molar refractivity (Wildman–Crippen MR) is 44.5 cm³/mol. The molecule has 0 aromatic heterocycles. The van der Waals surface area contributed by atoms with Gasteiger partial charge in [0, 0.05) is 4.47 Å². The van der Waals surface area contributed by atoms with E-state index >= 15 is 0 Å². The van der Waals surface area contributed by atoms with E-state index in [2.05, 4.69) is 20.7 Å². The van der Waals surface area contributed by atoms with Gasteiger partial charge in [-0.2, -0.15) is 5.26 Å². The van der Waals surface area contributed by atoms with Crippen molar-refractivity contribution in [3.63, 3.8) is 0 Å². The Kier molecular flexibility index (Phi) is 2.94. The normalized spacial score (nSPS) is 8.73. The van der Waals surface area contributed by atoms with E-state index in [0.717, 1.165) is 10.0 Å². The first-order chi connectivity index (χ1) is 5.33. The van der Waals surface area contributed by atoms with Gasteiger partial charge >= 0.3 is 0 Å². The molecule has 0 atom stereocenters. The van der Waals surface area contributed by atoms with E-state index in [1.54, 1.807) is 6.26 Å². The standard InChI is InChI=1S/C8H6BrNO/c9-8-3-1-7(2-4-8)5-11-6-10/h1-4H,5H2. The summed E-state index contributed by atoms with van der Waals surface area (Å²) in [6.45, 7) is 0.351. The van der Waals surface area contributed by atoms with Gasteiger partial charge in [0.25, 0.3) is 6.26 Å². The topological polar surface area (TPSA) is 33.0 Å². The van der Waals surface area contributed by atoms with E-state index in [0.29, 0.717) is 6.61 Å². The fourth-order valence-corrected chi connectivity index (χ4v) is 0.961. The molecule has 56 valence electrons. The van der Waals surface area contributed by atoms with E-state index < -0.39 is 0 Å². The fraction of sp³-hybridized carbons (Fsp3) is 0.125. The molecule has 0 aliphatic heterocycles. The van der Waals surface area contributed by atoms with Crippen molar-refractivity contribution < 1.29 is 4.74 Å². The number of nitrogens with zero attached hydrogens (tertiary/aromatic N) is 1. The highest BCUT2D eigenvalue weighted by Crippen LogP contribution is 2.10. The highest BCUT2D eigenvalue weighted by molar-refractivity contribution is 9.10. The molecular formula is C8H6BrNO. The molecule has 1 rings (SSSR count). The summed E-state index contributed by atoms with van der Waals surface area (Å²) in [6, 6.07) is 7.63. The number of hydrogen-bond acceptors (Lipinski definition) is 2. The molecule has 0 fully saturated rings. The molecule has 1 aromatic rings. The third-order valence-corrected chi connectivity index (χ3v) is 1.75. The van der Waals surface area contributed by atoms with Crippen LogP contribution in [-0.2, 0) is 11.3 Å². The van der Waals surface area contributed by atoms with E-state index in [4.69, 9.17) is 5.26 Å². The van der Waals surface area contributed by atoms with Crippen LogP contribution < -0.4 is 0 Å². The number of halogens is 1. The Balaban J connectivity index is 2.60. The summed E-state index contributed by atoms with van der Waals surface area (Å²) in [5.41, 5.74) is 0.995. The molecule has 0 aliphatic carbocycles. The van der Waals surface area contributed by atoms with Crippen molar-refractivity contribution in [1.29, 1.82) is 5.26 Å². The Morgan fingerprint density at radius 1 is 1.36 bits per heavy atom. The minimum absolute atomic E-state index is 0.351. The predicted octanol–water partition coefficient (Wildman–Crippen LogP) is 2.45. The number of benzene rings is 1. The maximum Gasteiger partial charge on any atom is 0.286 e. The molecule has 0 bridgehead atoms. The average Bonchev–Trinajstić information content (AvgIpc) is 2.04. The zero-order chi connectivity index (χ0) is 8.10. The maximum absolute atomic E-state index is 8.10.